The van der Waals surface area contributed by atoms with Gasteiger partial charge in [-0.1, -0.05) is 15.9 Å². The first-order valence-corrected chi connectivity index (χ1v) is 9.05. The summed E-state index contributed by atoms with van der Waals surface area (Å²) in [6.07, 6.45) is 0. The van der Waals surface area contributed by atoms with Gasteiger partial charge in [-0.25, -0.2) is 0 Å². The Balaban J connectivity index is 1.63. The van der Waals surface area contributed by atoms with Crippen molar-refractivity contribution in [3.8, 4) is 5.75 Å². The van der Waals surface area contributed by atoms with Crippen molar-refractivity contribution in [1.82, 2.24) is 10.9 Å². The van der Waals surface area contributed by atoms with E-state index in [0.717, 1.165) is 15.9 Å². The van der Waals surface area contributed by atoms with Gasteiger partial charge in [0, 0.05) is 10.0 Å². The molecule has 6 nitrogen and oxygen atoms in total. The van der Waals surface area contributed by atoms with E-state index in [4.69, 9.17) is 4.74 Å². The van der Waals surface area contributed by atoms with Gasteiger partial charge in [-0.05, 0) is 41.1 Å². The van der Waals surface area contributed by atoms with E-state index >= 15 is 0 Å². The first kappa shape index (κ1) is 18.4. The van der Waals surface area contributed by atoms with Crippen molar-refractivity contribution in [2.75, 3.05) is 20.2 Å². The molecule has 0 aliphatic carbocycles. The van der Waals surface area contributed by atoms with E-state index in [2.05, 4.69) is 32.2 Å². The minimum atomic E-state index is -0.415. The van der Waals surface area contributed by atoms with Crippen molar-refractivity contribution in [1.29, 1.82) is 0 Å². The summed E-state index contributed by atoms with van der Waals surface area (Å²) in [5, 5.41) is 4.07. The second-order valence-electron chi connectivity index (χ2n) is 5.28. The predicted octanol–water partition coefficient (Wildman–Crippen LogP) is 0.752. The highest BCUT2D eigenvalue weighted by atomic mass is 79.9. The van der Waals surface area contributed by atoms with Gasteiger partial charge in [0.1, 0.15) is 12.3 Å². The number of ether oxygens (including phenoxy) is 1. The lowest BCUT2D eigenvalue weighted by molar-refractivity contribution is -0.885. The van der Waals surface area contributed by atoms with E-state index in [-0.39, 0.29) is 19.1 Å². The molecule has 24 heavy (non-hydrogen) atoms. The molecule has 1 aromatic heterocycles. The van der Waals surface area contributed by atoms with Crippen molar-refractivity contribution in [2.45, 2.75) is 6.54 Å². The van der Waals surface area contributed by atoms with Crippen LogP contribution in [0.15, 0.2) is 45.6 Å². The van der Waals surface area contributed by atoms with E-state index in [0.29, 0.717) is 5.75 Å². The van der Waals surface area contributed by atoms with Crippen LogP contribution in [0, 0.1) is 0 Å². The molecule has 2 rings (SSSR count). The van der Waals surface area contributed by atoms with Crippen molar-refractivity contribution < 1.29 is 19.2 Å². The predicted molar refractivity (Wildman–Crippen MR) is 95.7 cm³/mol. The van der Waals surface area contributed by atoms with Gasteiger partial charge in [0.25, 0.3) is 11.8 Å². The van der Waals surface area contributed by atoms with Crippen LogP contribution in [-0.2, 0) is 16.1 Å². The normalized spacial score (nSPS) is 11.6. The Hall–Kier alpha value is -1.90. The van der Waals surface area contributed by atoms with Gasteiger partial charge >= 0.3 is 0 Å². The molecule has 3 N–H and O–H groups in total. The van der Waals surface area contributed by atoms with Gasteiger partial charge in [0.05, 0.1) is 7.05 Å². The Kier molecular flexibility index (Phi) is 7.23. The highest BCUT2D eigenvalue weighted by molar-refractivity contribution is 9.10. The molecule has 1 aromatic carbocycles. The fourth-order valence-electron chi connectivity index (χ4n) is 1.98. The van der Waals surface area contributed by atoms with E-state index in [1.165, 1.54) is 5.56 Å². The molecule has 1 unspecified atom stereocenters. The monoisotopic (exact) mass is 412 g/mol. The molecule has 0 saturated carbocycles. The molecule has 0 radical (unpaired) electrons. The smallest absolute Gasteiger partial charge is 0.293 e. The SMILES string of the molecule is C[NH+](CC(=O)NNC(=O)COc1ccc(Br)cc1)Cc1ccsc1. The zero-order valence-electron chi connectivity index (χ0n) is 13.2. The number of amides is 2. The van der Waals surface area contributed by atoms with Crippen LogP contribution in [0.3, 0.4) is 0 Å². The molecule has 2 aromatic rings. The Morgan fingerprint density at radius 1 is 1.17 bits per heavy atom. The van der Waals surface area contributed by atoms with E-state index in [1.807, 2.05) is 30.6 Å². The highest BCUT2D eigenvalue weighted by Gasteiger charge is 2.12. The molecule has 0 spiro atoms. The fraction of sp³-hybridized carbons (Fsp3) is 0.250. The summed E-state index contributed by atoms with van der Waals surface area (Å²) in [4.78, 5) is 24.5. The Bertz CT molecular complexity index is 662. The van der Waals surface area contributed by atoms with Crippen LogP contribution in [0.25, 0.3) is 0 Å². The summed E-state index contributed by atoms with van der Waals surface area (Å²) < 4.78 is 6.25. The lowest BCUT2D eigenvalue weighted by atomic mass is 10.3. The number of thiophene rings is 1. The third-order valence-electron chi connectivity index (χ3n) is 3.07. The summed E-state index contributed by atoms with van der Waals surface area (Å²) in [5.41, 5.74) is 5.93. The average molecular weight is 413 g/mol. The number of likely N-dealkylation sites (N-methyl/N-ethyl adjacent to an activating group) is 1. The molecular weight excluding hydrogens is 394 g/mol. The summed E-state index contributed by atoms with van der Waals surface area (Å²) in [7, 11) is 1.93. The summed E-state index contributed by atoms with van der Waals surface area (Å²) in [5.74, 6) is -0.0823. The highest BCUT2D eigenvalue weighted by Crippen LogP contribution is 2.15. The number of hydrogen-bond acceptors (Lipinski definition) is 4. The number of hydrazine groups is 1. The summed E-state index contributed by atoms with van der Waals surface area (Å²) in [6.45, 7) is 0.862. The molecule has 1 atom stereocenters. The van der Waals surface area contributed by atoms with Gasteiger partial charge in [-0.3, -0.25) is 20.4 Å². The molecule has 0 fully saturated rings. The van der Waals surface area contributed by atoms with Gasteiger partial charge in [0.15, 0.2) is 13.2 Å². The second-order valence-corrected chi connectivity index (χ2v) is 6.98. The maximum absolute atomic E-state index is 11.8. The van der Waals surface area contributed by atoms with Crippen LogP contribution in [-0.4, -0.2) is 32.0 Å². The first-order chi connectivity index (χ1) is 11.5. The van der Waals surface area contributed by atoms with Gasteiger partial charge in [-0.2, -0.15) is 11.3 Å². The number of nitrogens with one attached hydrogen (secondary N) is 3. The summed E-state index contributed by atoms with van der Waals surface area (Å²) in [6, 6.07) is 9.17. The third kappa shape index (κ3) is 6.69. The molecule has 0 saturated heterocycles. The number of hydrogen-bond donors (Lipinski definition) is 3. The maximum atomic E-state index is 11.8. The zero-order chi connectivity index (χ0) is 17.4. The van der Waals surface area contributed by atoms with Crippen LogP contribution in [0.5, 0.6) is 5.75 Å². The van der Waals surface area contributed by atoms with Gasteiger partial charge in [-0.15, -0.1) is 0 Å². The van der Waals surface area contributed by atoms with Crippen LogP contribution in [0.2, 0.25) is 0 Å². The van der Waals surface area contributed by atoms with Crippen LogP contribution < -0.4 is 20.5 Å². The van der Waals surface area contributed by atoms with E-state index in [1.54, 1.807) is 23.5 Å². The maximum Gasteiger partial charge on any atom is 0.293 e. The first-order valence-electron chi connectivity index (χ1n) is 7.31. The quantitative estimate of drug-likeness (QED) is 0.587. The zero-order valence-corrected chi connectivity index (χ0v) is 15.6. The number of quaternary nitrogens is 1. The van der Waals surface area contributed by atoms with Gasteiger partial charge < -0.3 is 9.64 Å². The van der Waals surface area contributed by atoms with Crippen LogP contribution in [0.4, 0.5) is 0 Å². The van der Waals surface area contributed by atoms with Crippen molar-refractivity contribution >= 4 is 39.1 Å². The Morgan fingerprint density at radius 2 is 1.88 bits per heavy atom. The molecule has 1 heterocycles. The van der Waals surface area contributed by atoms with E-state index in [9.17, 15) is 9.59 Å². The molecule has 128 valence electrons. The number of rotatable bonds is 7. The minimum Gasteiger partial charge on any atom is -0.484 e. The number of carbonyl (C=O) groups excluding carboxylic acids is 2. The van der Waals surface area contributed by atoms with Crippen LogP contribution in [0.1, 0.15) is 5.56 Å². The van der Waals surface area contributed by atoms with Crippen molar-refractivity contribution in [2.24, 2.45) is 0 Å². The standard InChI is InChI=1S/C16H18BrN3O3S/c1-20(8-12-6-7-24-11-12)9-15(21)18-19-16(22)10-23-14-4-2-13(17)3-5-14/h2-7,11H,8-10H2,1H3,(H,18,21)(H,19,22)/p+1. The molecule has 0 bridgehead atoms. The lowest BCUT2D eigenvalue weighted by Gasteiger charge is -2.13. The third-order valence-corrected chi connectivity index (χ3v) is 4.33. The Labute approximate surface area is 152 Å². The average Bonchev–Trinajstić information content (AvgIpc) is 3.05. The molecule has 0 aliphatic rings. The van der Waals surface area contributed by atoms with Crippen LogP contribution >= 0.6 is 27.3 Å². The topological polar surface area (TPSA) is 71.9 Å². The number of benzene rings is 1. The number of halogens is 1. The Morgan fingerprint density at radius 3 is 2.54 bits per heavy atom. The molecule has 8 heteroatoms. The second kappa shape index (κ2) is 9.41. The minimum absolute atomic E-state index is 0.167. The molecule has 2 amide bonds. The van der Waals surface area contributed by atoms with E-state index < -0.39 is 5.91 Å². The van der Waals surface area contributed by atoms with Crippen molar-refractivity contribution in [3.05, 3.63) is 51.1 Å². The fourth-order valence-corrected chi connectivity index (χ4v) is 2.91. The number of carbonyl (C=O) groups is 2. The summed E-state index contributed by atoms with van der Waals surface area (Å²) >= 11 is 4.95. The van der Waals surface area contributed by atoms with Crippen molar-refractivity contribution in [3.63, 3.8) is 0 Å². The lowest BCUT2D eigenvalue weighted by Crippen LogP contribution is -3.09. The largest absolute Gasteiger partial charge is 0.484 e. The van der Waals surface area contributed by atoms with Gasteiger partial charge in [0.2, 0.25) is 0 Å². The molecule has 0 aliphatic heterocycles. The molecular formula is C16H19BrN3O3S+.